The van der Waals surface area contributed by atoms with Gasteiger partial charge in [0.25, 0.3) is 0 Å². The predicted octanol–water partition coefficient (Wildman–Crippen LogP) is 3.39. The number of carboxylic acids is 1. The lowest BCUT2D eigenvalue weighted by Crippen LogP contribution is -2.03. The number of ether oxygens (including phenoxy) is 1. The van der Waals surface area contributed by atoms with Crippen molar-refractivity contribution in [3.05, 3.63) is 40.1 Å². The van der Waals surface area contributed by atoms with Crippen LogP contribution in [0, 0.1) is 5.82 Å². The number of hydrogen-bond acceptors (Lipinski definition) is 2. The fourth-order valence-electron chi connectivity index (χ4n) is 1.21. The van der Waals surface area contributed by atoms with Gasteiger partial charge in [-0.05, 0) is 46.6 Å². The van der Waals surface area contributed by atoms with Crippen molar-refractivity contribution in [3.63, 3.8) is 0 Å². The molecule has 1 N–H and O–H groups in total. The molecule has 0 fully saturated rings. The van der Waals surface area contributed by atoms with Gasteiger partial charge in [0.05, 0.1) is 4.47 Å². The van der Waals surface area contributed by atoms with Crippen LogP contribution in [0.1, 0.15) is 13.3 Å². The molecule has 5 heteroatoms. The van der Waals surface area contributed by atoms with E-state index in [1.807, 2.05) is 0 Å². The normalized spacial score (nSPS) is 11.4. The second-order valence-corrected chi connectivity index (χ2v) is 4.13. The van der Waals surface area contributed by atoms with Crippen LogP contribution < -0.4 is 4.74 Å². The molecule has 0 aliphatic heterocycles. The highest BCUT2D eigenvalue weighted by Gasteiger charge is 2.05. The van der Waals surface area contributed by atoms with Crippen molar-refractivity contribution in [3.8, 4) is 5.75 Å². The van der Waals surface area contributed by atoms with Gasteiger partial charge in [-0.1, -0.05) is 6.92 Å². The first-order valence-corrected chi connectivity index (χ1v) is 5.84. The smallest absolute Gasteiger partial charge is 0.331 e. The van der Waals surface area contributed by atoms with E-state index in [-0.39, 0.29) is 12.4 Å². The topological polar surface area (TPSA) is 46.5 Å². The molecular weight excluding hydrogens is 291 g/mol. The molecule has 0 saturated carbocycles. The van der Waals surface area contributed by atoms with Gasteiger partial charge >= 0.3 is 5.97 Å². The molecule has 17 heavy (non-hydrogen) atoms. The molecule has 0 aromatic heterocycles. The highest BCUT2D eigenvalue weighted by Crippen LogP contribution is 2.25. The Morgan fingerprint density at radius 2 is 2.29 bits per heavy atom. The van der Waals surface area contributed by atoms with Crippen molar-refractivity contribution in [1.29, 1.82) is 0 Å². The minimum absolute atomic E-state index is 0.139. The summed E-state index contributed by atoms with van der Waals surface area (Å²) in [6.07, 6.45) is 1.93. The molecule has 1 rings (SSSR count). The first kappa shape index (κ1) is 13.7. The summed E-state index contributed by atoms with van der Waals surface area (Å²) in [6.45, 7) is 1.90. The Kier molecular flexibility index (Phi) is 5.15. The van der Waals surface area contributed by atoms with Gasteiger partial charge in [0.15, 0.2) is 0 Å². The van der Waals surface area contributed by atoms with Gasteiger partial charge < -0.3 is 9.84 Å². The average Bonchev–Trinajstić information content (AvgIpc) is 2.26. The third-order valence-electron chi connectivity index (χ3n) is 2.12. The van der Waals surface area contributed by atoms with Gasteiger partial charge in [0.1, 0.15) is 18.2 Å². The average molecular weight is 303 g/mol. The van der Waals surface area contributed by atoms with Crippen LogP contribution in [0.3, 0.4) is 0 Å². The minimum atomic E-state index is -0.950. The van der Waals surface area contributed by atoms with E-state index in [9.17, 15) is 9.18 Å². The molecule has 0 heterocycles. The van der Waals surface area contributed by atoms with Crippen molar-refractivity contribution in [1.82, 2.24) is 0 Å². The first-order valence-electron chi connectivity index (χ1n) is 5.04. The number of carbonyl (C=O) groups is 1. The van der Waals surface area contributed by atoms with Crippen LogP contribution >= 0.6 is 15.9 Å². The van der Waals surface area contributed by atoms with Crippen LogP contribution in [0.4, 0.5) is 4.39 Å². The van der Waals surface area contributed by atoms with E-state index in [1.165, 1.54) is 24.3 Å². The third kappa shape index (κ3) is 4.19. The molecule has 0 bridgehead atoms. The molecule has 0 atom stereocenters. The molecule has 1 aromatic carbocycles. The fraction of sp³-hybridized carbons (Fsp3) is 0.250. The maximum Gasteiger partial charge on any atom is 0.331 e. The Morgan fingerprint density at radius 1 is 1.59 bits per heavy atom. The van der Waals surface area contributed by atoms with Crippen LogP contribution in [0.15, 0.2) is 34.3 Å². The van der Waals surface area contributed by atoms with Crippen LogP contribution in [0.2, 0.25) is 0 Å². The zero-order valence-electron chi connectivity index (χ0n) is 9.24. The van der Waals surface area contributed by atoms with Crippen LogP contribution in [0.5, 0.6) is 5.75 Å². The summed E-state index contributed by atoms with van der Waals surface area (Å²) < 4.78 is 18.6. The first-order chi connectivity index (χ1) is 8.04. The van der Waals surface area contributed by atoms with Gasteiger partial charge in [-0.25, -0.2) is 9.18 Å². The number of carboxylic acid groups (broad SMARTS) is 1. The standard InChI is InChI=1S/C12H12BrFO3/c1-2-8(12(15)16)5-6-17-11-4-3-9(14)7-10(11)13/h3-5,7H,2,6H2,1H3,(H,15,16). The molecule has 92 valence electrons. The lowest BCUT2D eigenvalue weighted by molar-refractivity contribution is -0.132. The number of halogens is 2. The molecule has 0 saturated heterocycles. The van der Waals surface area contributed by atoms with E-state index in [0.29, 0.717) is 22.2 Å². The third-order valence-corrected chi connectivity index (χ3v) is 2.74. The lowest BCUT2D eigenvalue weighted by Gasteiger charge is -2.06. The molecule has 1 aromatic rings. The zero-order chi connectivity index (χ0) is 12.8. The molecule has 0 aliphatic carbocycles. The molecular formula is C12H12BrFO3. The highest BCUT2D eigenvalue weighted by atomic mass is 79.9. The van der Waals surface area contributed by atoms with Crippen LogP contribution in [-0.4, -0.2) is 17.7 Å². The Hall–Kier alpha value is -1.36. The number of benzene rings is 1. The van der Waals surface area contributed by atoms with E-state index in [1.54, 1.807) is 6.92 Å². The van der Waals surface area contributed by atoms with Crippen molar-refractivity contribution in [2.45, 2.75) is 13.3 Å². The van der Waals surface area contributed by atoms with Crippen molar-refractivity contribution >= 4 is 21.9 Å². The summed E-state index contributed by atoms with van der Waals surface area (Å²) in [6, 6.07) is 4.05. The lowest BCUT2D eigenvalue weighted by atomic mass is 10.2. The van der Waals surface area contributed by atoms with Crippen molar-refractivity contribution in [2.24, 2.45) is 0 Å². The van der Waals surface area contributed by atoms with Gasteiger partial charge in [0.2, 0.25) is 0 Å². The Bertz CT molecular complexity index is 443. The van der Waals surface area contributed by atoms with Gasteiger partial charge in [-0.15, -0.1) is 0 Å². The summed E-state index contributed by atoms with van der Waals surface area (Å²) in [7, 11) is 0. The Labute approximate surface area is 107 Å². The van der Waals surface area contributed by atoms with Crippen molar-refractivity contribution < 1.29 is 19.0 Å². The SMILES string of the molecule is CCC(=CCOc1ccc(F)cc1Br)C(=O)O. The zero-order valence-corrected chi connectivity index (χ0v) is 10.8. The van der Waals surface area contributed by atoms with Gasteiger partial charge in [0, 0.05) is 5.57 Å². The predicted molar refractivity (Wildman–Crippen MR) is 65.6 cm³/mol. The van der Waals surface area contributed by atoms with Gasteiger partial charge in [-0.2, -0.15) is 0 Å². The maximum absolute atomic E-state index is 12.8. The van der Waals surface area contributed by atoms with E-state index < -0.39 is 5.97 Å². The number of aliphatic carboxylic acids is 1. The second kappa shape index (κ2) is 6.39. The quantitative estimate of drug-likeness (QED) is 0.848. The fourth-order valence-corrected chi connectivity index (χ4v) is 1.67. The Balaban J connectivity index is 2.65. The molecule has 0 unspecified atom stereocenters. The summed E-state index contributed by atoms with van der Waals surface area (Å²) in [4.78, 5) is 10.7. The highest BCUT2D eigenvalue weighted by molar-refractivity contribution is 9.10. The second-order valence-electron chi connectivity index (χ2n) is 3.27. The summed E-state index contributed by atoms with van der Waals surface area (Å²) in [5.74, 6) is -0.836. The van der Waals surface area contributed by atoms with E-state index >= 15 is 0 Å². The summed E-state index contributed by atoms with van der Waals surface area (Å²) in [5, 5.41) is 8.78. The van der Waals surface area contributed by atoms with Crippen LogP contribution in [0.25, 0.3) is 0 Å². The van der Waals surface area contributed by atoms with Gasteiger partial charge in [-0.3, -0.25) is 0 Å². The summed E-state index contributed by atoms with van der Waals surface area (Å²) in [5.41, 5.74) is 0.295. The van der Waals surface area contributed by atoms with E-state index in [0.717, 1.165) is 0 Å². The maximum atomic E-state index is 12.8. The molecule has 3 nitrogen and oxygen atoms in total. The summed E-state index contributed by atoms with van der Waals surface area (Å²) >= 11 is 3.16. The molecule has 0 aliphatic rings. The van der Waals surface area contributed by atoms with E-state index in [4.69, 9.17) is 9.84 Å². The van der Waals surface area contributed by atoms with E-state index in [2.05, 4.69) is 15.9 Å². The van der Waals surface area contributed by atoms with Crippen LogP contribution in [-0.2, 0) is 4.79 Å². The number of rotatable bonds is 5. The van der Waals surface area contributed by atoms with Crippen molar-refractivity contribution in [2.75, 3.05) is 6.61 Å². The number of hydrogen-bond donors (Lipinski definition) is 1. The molecule has 0 radical (unpaired) electrons. The minimum Gasteiger partial charge on any atom is -0.488 e. The molecule has 0 spiro atoms. The molecule has 0 amide bonds. The monoisotopic (exact) mass is 302 g/mol. The Morgan fingerprint density at radius 3 is 2.82 bits per heavy atom. The largest absolute Gasteiger partial charge is 0.488 e.